The van der Waals surface area contributed by atoms with Gasteiger partial charge in [0.25, 0.3) is 0 Å². The van der Waals surface area contributed by atoms with Crippen LogP contribution >= 0.6 is 0 Å². The predicted octanol–water partition coefficient (Wildman–Crippen LogP) is 2.98. The molecule has 2 aliphatic rings. The van der Waals surface area contributed by atoms with Crippen molar-refractivity contribution < 1.29 is 0 Å². The average molecular weight is 191 g/mol. The van der Waals surface area contributed by atoms with Crippen molar-refractivity contribution in [3.63, 3.8) is 0 Å². The van der Waals surface area contributed by atoms with Crippen LogP contribution in [0.3, 0.4) is 0 Å². The maximum atomic E-state index is 2.70. The predicted molar refractivity (Wildman–Crippen MR) is 66.1 cm³/mol. The lowest BCUT2D eigenvalue weighted by molar-refractivity contribution is 0.654. The van der Waals surface area contributed by atoms with E-state index in [9.17, 15) is 0 Å². The molecule has 0 bridgehead atoms. The van der Waals surface area contributed by atoms with Crippen LogP contribution in [0.25, 0.3) is 0 Å². The minimum atomic E-state index is 0.903. The Morgan fingerprint density at radius 1 is 0.929 bits per heavy atom. The van der Waals surface area contributed by atoms with E-state index in [1.807, 2.05) is 0 Å². The first-order chi connectivity index (χ1) is 6.66. The smallest absolute Gasteiger partial charge is 0.211 e. The summed E-state index contributed by atoms with van der Waals surface area (Å²) in [7, 11) is 2.37. The maximum Gasteiger partial charge on any atom is 0.211 e. The Morgan fingerprint density at radius 2 is 1.36 bits per heavy atom. The molecule has 2 heterocycles. The van der Waals surface area contributed by atoms with E-state index in [4.69, 9.17) is 0 Å². The molecule has 0 radical (unpaired) electrons. The van der Waals surface area contributed by atoms with Crippen molar-refractivity contribution in [1.29, 1.82) is 0 Å². The first kappa shape index (κ1) is 10.6. The fourth-order valence-corrected chi connectivity index (χ4v) is 3.39. The third kappa shape index (κ3) is 2.18. The highest BCUT2D eigenvalue weighted by Crippen LogP contribution is 2.33. The van der Waals surface area contributed by atoms with Crippen molar-refractivity contribution in [2.45, 2.75) is 52.0 Å². The van der Waals surface area contributed by atoms with Crippen LogP contribution in [0.1, 0.15) is 26.7 Å². The van der Waals surface area contributed by atoms with E-state index in [1.54, 1.807) is 0 Å². The number of nitrogens with zero attached hydrogens (tertiary/aromatic N) is 1. The monoisotopic (exact) mass is 191 g/mol. The van der Waals surface area contributed by atoms with Crippen LogP contribution in [0, 0.1) is 11.8 Å². The van der Waals surface area contributed by atoms with E-state index in [1.165, 1.54) is 38.1 Å². The van der Waals surface area contributed by atoms with Gasteiger partial charge in [0.05, 0.1) is 0 Å². The molecular weight excluding hydrogens is 168 g/mol. The van der Waals surface area contributed by atoms with E-state index in [0.29, 0.717) is 0 Å². The van der Waals surface area contributed by atoms with Gasteiger partial charge in [0.2, 0.25) is 13.7 Å². The summed E-state index contributed by atoms with van der Waals surface area (Å²) in [6, 6.07) is 0. The van der Waals surface area contributed by atoms with E-state index < -0.39 is 0 Å². The molecule has 2 atom stereocenters. The Hall–Kier alpha value is 0.0899. The van der Waals surface area contributed by atoms with Crippen molar-refractivity contribution in [3.05, 3.63) is 0 Å². The molecule has 0 aromatic heterocycles. The first-order valence-electron chi connectivity index (χ1n) is 6.38. The summed E-state index contributed by atoms with van der Waals surface area (Å²) in [6.07, 6.45) is 8.70. The zero-order valence-corrected chi connectivity index (χ0v) is 10.00. The largest absolute Gasteiger partial charge is 0.386 e. The molecular formula is C11H23B2N. The van der Waals surface area contributed by atoms with Crippen molar-refractivity contribution in [3.8, 4) is 0 Å². The van der Waals surface area contributed by atoms with Crippen molar-refractivity contribution >= 4 is 13.7 Å². The molecule has 0 spiro atoms. The van der Waals surface area contributed by atoms with E-state index in [2.05, 4.69) is 25.6 Å². The lowest BCUT2D eigenvalue weighted by Crippen LogP contribution is -2.43. The second kappa shape index (κ2) is 4.30. The average Bonchev–Trinajstić information content (AvgIpc) is 2.73. The first-order valence-corrected chi connectivity index (χ1v) is 6.38. The van der Waals surface area contributed by atoms with Gasteiger partial charge in [0.15, 0.2) is 0 Å². The maximum absolute atomic E-state index is 2.70. The van der Waals surface area contributed by atoms with Gasteiger partial charge >= 0.3 is 0 Å². The molecule has 2 aliphatic heterocycles. The second-order valence-corrected chi connectivity index (χ2v) is 5.81. The summed E-state index contributed by atoms with van der Waals surface area (Å²) in [6.45, 7) is 6.62. The van der Waals surface area contributed by atoms with Gasteiger partial charge in [-0.2, -0.15) is 0 Å². The van der Waals surface area contributed by atoms with Crippen LogP contribution in [-0.4, -0.2) is 25.5 Å². The molecule has 0 aliphatic carbocycles. The quantitative estimate of drug-likeness (QED) is 0.606. The van der Waals surface area contributed by atoms with Gasteiger partial charge in [-0.05, 0) is 7.05 Å². The number of rotatable bonds is 2. The topological polar surface area (TPSA) is 3.24 Å². The Morgan fingerprint density at radius 3 is 1.64 bits per heavy atom. The summed E-state index contributed by atoms with van der Waals surface area (Å²) in [4.78, 5) is 0. The highest BCUT2D eigenvalue weighted by molar-refractivity contribution is 6.73. The molecule has 3 heteroatoms. The highest BCUT2D eigenvalue weighted by atomic mass is 15.0. The summed E-state index contributed by atoms with van der Waals surface area (Å²) in [5.74, 6) is 1.95. The van der Waals surface area contributed by atoms with Crippen LogP contribution in [0.15, 0.2) is 0 Å². The SMILES string of the molecule is CC1CCB(N(C)B2CCC(C)C2)C1. The van der Waals surface area contributed by atoms with Crippen LogP contribution in [0.2, 0.25) is 25.3 Å². The molecule has 2 saturated heterocycles. The lowest BCUT2D eigenvalue weighted by atomic mass is 9.45. The third-order valence-electron chi connectivity index (χ3n) is 4.49. The van der Waals surface area contributed by atoms with E-state index in [-0.39, 0.29) is 0 Å². The Bertz CT molecular complexity index is 178. The zero-order chi connectivity index (χ0) is 10.1. The number of hydrogen-bond donors (Lipinski definition) is 0. The molecule has 0 amide bonds. The van der Waals surface area contributed by atoms with Crippen molar-refractivity contribution in [2.75, 3.05) is 7.05 Å². The molecule has 0 saturated carbocycles. The zero-order valence-electron chi connectivity index (χ0n) is 10.00. The van der Waals surface area contributed by atoms with Crippen LogP contribution in [0.5, 0.6) is 0 Å². The summed E-state index contributed by atoms with van der Waals surface area (Å²) < 4.78 is 2.70. The highest BCUT2D eigenvalue weighted by Gasteiger charge is 2.36. The summed E-state index contributed by atoms with van der Waals surface area (Å²) in [5, 5.41) is 0. The molecule has 2 unspecified atom stereocenters. The van der Waals surface area contributed by atoms with Gasteiger partial charge in [0, 0.05) is 0 Å². The molecule has 1 nitrogen and oxygen atoms in total. The number of hydrogen-bond acceptors (Lipinski definition) is 1. The Labute approximate surface area is 89.8 Å². The summed E-state index contributed by atoms with van der Waals surface area (Å²) >= 11 is 0. The minimum Gasteiger partial charge on any atom is -0.386 e. The normalized spacial score (nSPS) is 33.4. The van der Waals surface area contributed by atoms with Gasteiger partial charge < -0.3 is 4.72 Å². The van der Waals surface area contributed by atoms with Gasteiger partial charge in [0.1, 0.15) is 0 Å². The van der Waals surface area contributed by atoms with Gasteiger partial charge in [-0.1, -0.05) is 63.8 Å². The Kier molecular flexibility index (Phi) is 3.26. The molecule has 2 fully saturated rings. The van der Waals surface area contributed by atoms with E-state index >= 15 is 0 Å². The second-order valence-electron chi connectivity index (χ2n) is 5.81. The molecule has 78 valence electrons. The molecule has 14 heavy (non-hydrogen) atoms. The van der Waals surface area contributed by atoms with Crippen LogP contribution < -0.4 is 0 Å². The van der Waals surface area contributed by atoms with E-state index in [0.717, 1.165) is 25.5 Å². The fourth-order valence-electron chi connectivity index (χ4n) is 3.39. The molecule has 0 aromatic rings. The standard InChI is InChI=1S/C11H23B2N/c1-10-4-6-12(8-10)14(3)13-7-5-11(2)9-13/h10-11H,4-9H2,1-3H3. The third-order valence-corrected chi connectivity index (χ3v) is 4.49. The van der Waals surface area contributed by atoms with Crippen molar-refractivity contribution in [1.82, 2.24) is 4.72 Å². The minimum absolute atomic E-state index is 0.903. The van der Waals surface area contributed by atoms with Crippen molar-refractivity contribution in [2.24, 2.45) is 11.8 Å². The fraction of sp³-hybridized carbons (Fsp3) is 1.00. The Balaban J connectivity index is 1.85. The lowest BCUT2D eigenvalue weighted by Gasteiger charge is -2.26. The molecule has 0 aromatic carbocycles. The summed E-state index contributed by atoms with van der Waals surface area (Å²) in [5.41, 5.74) is 0. The molecule has 0 N–H and O–H groups in total. The molecule has 2 rings (SSSR count). The van der Waals surface area contributed by atoms with Crippen LogP contribution in [0.4, 0.5) is 0 Å². The van der Waals surface area contributed by atoms with Gasteiger partial charge in [-0.25, -0.2) is 0 Å². The van der Waals surface area contributed by atoms with Gasteiger partial charge in [-0.15, -0.1) is 0 Å². The van der Waals surface area contributed by atoms with Crippen LogP contribution in [-0.2, 0) is 0 Å². The van der Waals surface area contributed by atoms with Gasteiger partial charge in [-0.3, -0.25) is 0 Å².